The summed E-state index contributed by atoms with van der Waals surface area (Å²) >= 11 is 0. The molecule has 1 aliphatic carbocycles. The van der Waals surface area contributed by atoms with Crippen molar-refractivity contribution in [2.24, 2.45) is 4.99 Å². The second-order valence-electron chi connectivity index (χ2n) is 6.97. The second-order valence-corrected chi connectivity index (χ2v) is 8.93. The van der Waals surface area contributed by atoms with Crippen LogP contribution in [-0.2, 0) is 15.8 Å². The minimum atomic E-state index is -3.41. The number of hydrogen-bond donors (Lipinski definition) is 2. The zero-order chi connectivity index (χ0) is 18.6. The van der Waals surface area contributed by atoms with Crippen LogP contribution >= 0.6 is 24.0 Å². The first-order chi connectivity index (χ1) is 12.4. The molecule has 0 unspecified atom stereocenters. The molecule has 11 heteroatoms. The van der Waals surface area contributed by atoms with Crippen LogP contribution in [0.15, 0.2) is 21.8 Å². The minimum absolute atomic E-state index is 0. The molecule has 0 radical (unpaired) electrons. The molecule has 1 saturated carbocycles. The highest BCUT2D eigenvalue weighted by Crippen LogP contribution is 2.28. The van der Waals surface area contributed by atoms with E-state index in [9.17, 15) is 13.5 Å². The maximum atomic E-state index is 12.5. The van der Waals surface area contributed by atoms with Crippen LogP contribution in [-0.4, -0.2) is 79.2 Å². The number of aliphatic hydroxyl groups is 1. The Balaban J connectivity index is 0.00000261. The molecule has 1 saturated heterocycles. The lowest BCUT2D eigenvalue weighted by atomic mass is 10.0. The number of nitrogens with one attached hydrogen (secondary N) is 1. The topological polar surface area (TPSA) is 111 Å². The highest BCUT2D eigenvalue weighted by molar-refractivity contribution is 14.0. The third-order valence-electron chi connectivity index (χ3n) is 5.07. The molecule has 0 atom stereocenters. The number of halogens is 1. The molecule has 1 aromatic rings. The lowest BCUT2D eigenvalue weighted by Gasteiger charge is -2.36. The number of sulfonamides is 1. The van der Waals surface area contributed by atoms with Crippen LogP contribution in [0.2, 0.25) is 0 Å². The van der Waals surface area contributed by atoms with Gasteiger partial charge in [0.1, 0.15) is 12.0 Å². The van der Waals surface area contributed by atoms with Gasteiger partial charge in [0, 0.05) is 45.8 Å². The summed E-state index contributed by atoms with van der Waals surface area (Å²) in [4.78, 5) is 6.31. The molecule has 154 valence electrons. The lowest BCUT2D eigenvalue weighted by Crippen LogP contribution is -2.55. The predicted octanol–water partition coefficient (Wildman–Crippen LogP) is 0.620. The molecule has 0 spiro atoms. The summed E-state index contributed by atoms with van der Waals surface area (Å²) in [6.07, 6.45) is 5.10. The highest BCUT2D eigenvalue weighted by atomic mass is 127. The summed E-state index contributed by atoms with van der Waals surface area (Å²) in [7, 11) is -1.71. The van der Waals surface area contributed by atoms with E-state index in [0.717, 1.165) is 25.7 Å². The zero-order valence-corrected chi connectivity index (χ0v) is 18.6. The molecule has 2 aliphatic rings. The number of hydrogen-bond acceptors (Lipinski definition) is 6. The van der Waals surface area contributed by atoms with E-state index in [2.05, 4.69) is 15.5 Å². The Kier molecular flexibility index (Phi) is 7.89. The highest BCUT2D eigenvalue weighted by Gasteiger charge is 2.33. The first-order valence-electron chi connectivity index (χ1n) is 8.97. The molecule has 0 bridgehead atoms. The minimum Gasteiger partial charge on any atom is -0.388 e. The van der Waals surface area contributed by atoms with Gasteiger partial charge in [-0.1, -0.05) is 18.0 Å². The van der Waals surface area contributed by atoms with Crippen LogP contribution in [0.25, 0.3) is 0 Å². The molecule has 2 heterocycles. The van der Waals surface area contributed by atoms with Crippen molar-refractivity contribution in [3.8, 4) is 0 Å². The summed E-state index contributed by atoms with van der Waals surface area (Å²) in [6, 6.07) is 1.56. The Bertz CT molecular complexity index is 711. The van der Waals surface area contributed by atoms with E-state index in [1.807, 2.05) is 4.90 Å². The predicted molar refractivity (Wildman–Crippen MR) is 112 cm³/mol. The van der Waals surface area contributed by atoms with Crippen molar-refractivity contribution in [1.82, 2.24) is 19.7 Å². The first kappa shape index (κ1) is 22.4. The smallest absolute Gasteiger partial charge is 0.220 e. The van der Waals surface area contributed by atoms with Gasteiger partial charge >= 0.3 is 0 Å². The Labute approximate surface area is 177 Å². The van der Waals surface area contributed by atoms with E-state index in [-0.39, 0.29) is 29.7 Å². The Hall–Kier alpha value is -0.920. The fourth-order valence-electron chi connectivity index (χ4n) is 3.55. The van der Waals surface area contributed by atoms with E-state index >= 15 is 0 Å². The van der Waals surface area contributed by atoms with Crippen LogP contribution in [0.5, 0.6) is 0 Å². The van der Waals surface area contributed by atoms with Crippen LogP contribution in [0.1, 0.15) is 31.4 Å². The third-order valence-corrected chi connectivity index (χ3v) is 6.89. The quantitative estimate of drug-likeness (QED) is 0.338. The second kappa shape index (κ2) is 9.52. The number of aliphatic imine (C=N–C) groups is 1. The van der Waals surface area contributed by atoms with Gasteiger partial charge in [-0.2, -0.15) is 4.31 Å². The van der Waals surface area contributed by atoms with Gasteiger partial charge in [-0.3, -0.25) is 4.99 Å². The molecule has 27 heavy (non-hydrogen) atoms. The molecule has 1 aliphatic heterocycles. The van der Waals surface area contributed by atoms with Crippen LogP contribution < -0.4 is 5.32 Å². The maximum Gasteiger partial charge on any atom is 0.220 e. The Morgan fingerprint density at radius 1 is 1.33 bits per heavy atom. The molecular weight excluding hydrogens is 485 g/mol. The van der Waals surface area contributed by atoms with Crippen molar-refractivity contribution in [2.75, 3.05) is 39.8 Å². The van der Waals surface area contributed by atoms with Gasteiger partial charge in [0.2, 0.25) is 10.0 Å². The molecular formula is C16H28IN5O4S. The van der Waals surface area contributed by atoms with E-state index in [4.69, 9.17) is 4.52 Å². The average molecular weight is 513 g/mol. The molecule has 9 nitrogen and oxygen atoms in total. The summed E-state index contributed by atoms with van der Waals surface area (Å²) in [5.74, 6) is 0.558. The third kappa shape index (κ3) is 5.78. The van der Waals surface area contributed by atoms with Crippen LogP contribution in [0, 0.1) is 0 Å². The summed E-state index contributed by atoms with van der Waals surface area (Å²) < 4.78 is 31.2. The maximum absolute atomic E-state index is 12.5. The SMILES string of the molecule is CN=C(NCC1(O)CCCC1)N1CCN(S(=O)(=O)Cc2ccon2)CC1.I. The van der Waals surface area contributed by atoms with E-state index in [0.29, 0.717) is 44.4 Å². The summed E-state index contributed by atoms with van der Waals surface area (Å²) in [5, 5.41) is 17.4. The Morgan fingerprint density at radius 3 is 2.56 bits per heavy atom. The van der Waals surface area contributed by atoms with Crippen molar-refractivity contribution in [2.45, 2.75) is 37.0 Å². The van der Waals surface area contributed by atoms with Crippen molar-refractivity contribution in [3.05, 3.63) is 18.0 Å². The van der Waals surface area contributed by atoms with Gasteiger partial charge in [-0.15, -0.1) is 24.0 Å². The van der Waals surface area contributed by atoms with Crippen molar-refractivity contribution in [3.63, 3.8) is 0 Å². The number of guanidine groups is 1. The van der Waals surface area contributed by atoms with E-state index in [1.54, 1.807) is 13.1 Å². The zero-order valence-electron chi connectivity index (χ0n) is 15.5. The number of nitrogens with zero attached hydrogens (tertiary/aromatic N) is 4. The number of aromatic nitrogens is 1. The van der Waals surface area contributed by atoms with E-state index in [1.165, 1.54) is 10.6 Å². The normalized spacial score (nSPS) is 21.1. The lowest BCUT2D eigenvalue weighted by molar-refractivity contribution is 0.0513. The largest absolute Gasteiger partial charge is 0.388 e. The van der Waals surface area contributed by atoms with Crippen molar-refractivity contribution >= 4 is 40.0 Å². The van der Waals surface area contributed by atoms with Gasteiger partial charge in [0.05, 0.1) is 11.3 Å². The average Bonchev–Trinajstić information content (AvgIpc) is 3.28. The summed E-state index contributed by atoms with van der Waals surface area (Å²) in [5.41, 5.74) is -0.242. The fraction of sp³-hybridized carbons (Fsp3) is 0.750. The molecule has 1 aromatic heterocycles. The van der Waals surface area contributed by atoms with E-state index < -0.39 is 15.6 Å². The van der Waals surface area contributed by atoms with Crippen molar-refractivity contribution < 1.29 is 18.0 Å². The Morgan fingerprint density at radius 2 is 2.00 bits per heavy atom. The molecule has 2 fully saturated rings. The molecule has 0 amide bonds. The van der Waals surface area contributed by atoms with Gasteiger partial charge in [-0.05, 0) is 12.8 Å². The monoisotopic (exact) mass is 513 g/mol. The van der Waals surface area contributed by atoms with Gasteiger partial charge in [0.25, 0.3) is 0 Å². The van der Waals surface area contributed by atoms with Crippen LogP contribution in [0.4, 0.5) is 0 Å². The van der Waals surface area contributed by atoms with Crippen molar-refractivity contribution in [1.29, 1.82) is 0 Å². The van der Waals surface area contributed by atoms with Gasteiger partial charge in [0.15, 0.2) is 5.96 Å². The summed E-state index contributed by atoms with van der Waals surface area (Å²) in [6.45, 7) is 2.37. The number of rotatable bonds is 5. The number of piperazine rings is 1. The molecule has 0 aromatic carbocycles. The van der Waals surface area contributed by atoms with Gasteiger partial charge < -0.3 is 19.8 Å². The van der Waals surface area contributed by atoms with Gasteiger partial charge in [-0.25, -0.2) is 8.42 Å². The fourth-order valence-corrected chi connectivity index (χ4v) is 4.98. The van der Waals surface area contributed by atoms with Crippen LogP contribution in [0.3, 0.4) is 0 Å². The standard InChI is InChI=1S/C16H27N5O4S.HI/c1-17-15(18-13-16(22)5-2-3-6-16)20-7-9-21(10-8-20)26(23,24)12-14-4-11-25-19-14;/h4,11,22H,2-3,5-10,12-13H2,1H3,(H,17,18);1H. The first-order valence-corrected chi connectivity index (χ1v) is 10.6. The molecule has 2 N–H and O–H groups in total. The molecule has 3 rings (SSSR count).